The minimum Gasteiger partial charge on any atom is -0.358 e. The second kappa shape index (κ2) is 6.71. The summed E-state index contributed by atoms with van der Waals surface area (Å²) in [6.45, 7) is 10.7. The molecule has 118 valence electrons. The molecule has 1 aromatic heterocycles. The molecule has 0 aromatic carbocycles. The van der Waals surface area contributed by atoms with E-state index in [2.05, 4.69) is 60.0 Å². The van der Waals surface area contributed by atoms with Crippen molar-refractivity contribution >= 4 is 5.82 Å². The van der Waals surface area contributed by atoms with Crippen molar-refractivity contribution in [3.05, 3.63) is 18.1 Å². The molecule has 1 aromatic rings. The van der Waals surface area contributed by atoms with E-state index < -0.39 is 0 Å². The number of rotatable bonds is 5. The Labute approximate surface area is 128 Å². The standard InChI is InChI=1S/C16H29N5/c1-16(2,3)19-9-14-8-18-15(10-17-14)21(5)12-13-6-7-20(4)11-13/h8,10,13,19H,6-7,9,11-12H2,1-5H3. The molecule has 1 saturated heterocycles. The lowest BCUT2D eigenvalue weighted by molar-refractivity contribution is 0.395. The second-order valence-electron chi connectivity index (χ2n) is 7.27. The summed E-state index contributed by atoms with van der Waals surface area (Å²) in [6, 6.07) is 0. The summed E-state index contributed by atoms with van der Waals surface area (Å²) in [7, 11) is 4.30. The minimum absolute atomic E-state index is 0.103. The van der Waals surface area contributed by atoms with Crippen molar-refractivity contribution in [2.24, 2.45) is 5.92 Å². The van der Waals surface area contributed by atoms with Crippen LogP contribution in [0.3, 0.4) is 0 Å². The molecule has 1 unspecified atom stereocenters. The lowest BCUT2D eigenvalue weighted by Gasteiger charge is -2.22. The van der Waals surface area contributed by atoms with Gasteiger partial charge in [0, 0.05) is 32.2 Å². The molecule has 1 N–H and O–H groups in total. The zero-order valence-electron chi connectivity index (χ0n) is 14.1. The lowest BCUT2D eigenvalue weighted by atomic mass is 10.1. The largest absolute Gasteiger partial charge is 0.358 e. The molecule has 1 aliphatic rings. The van der Waals surface area contributed by atoms with E-state index in [1.54, 1.807) is 0 Å². The zero-order chi connectivity index (χ0) is 15.5. The number of aromatic nitrogens is 2. The Balaban J connectivity index is 1.86. The van der Waals surface area contributed by atoms with E-state index in [4.69, 9.17) is 0 Å². The lowest BCUT2D eigenvalue weighted by Crippen LogP contribution is -2.35. The van der Waals surface area contributed by atoms with Crippen LogP contribution in [0.15, 0.2) is 12.4 Å². The predicted octanol–water partition coefficient (Wildman–Crippen LogP) is 1.75. The van der Waals surface area contributed by atoms with Crippen LogP contribution in [0, 0.1) is 5.92 Å². The summed E-state index contributed by atoms with van der Waals surface area (Å²) in [6.07, 6.45) is 5.05. The zero-order valence-corrected chi connectivity index (χ0v) is 14.1. The van der Waals surface area contributed by atoms with Gasteiger partial charge in [-0.25, -0.2) is 4.98 Å². The Hall–Kier alpha value is -1.20. The summed E-state index contributed by atoms with van der Waals surface area (Å²) >= 11 is 0. The van der Waals surface area contributed by atoms with E-state index in [0.717, 1.165) is 30.5 Å². The number of hydrogen-bond acceptors (Lipinski definition) is 5. The maximum Gasteiger partial charge on any atom is 0.146 e. The first kappa shape index (κ1) is 16.2. The van der Waals surface area contributed by atoms with Crippen LogP contribution in [0.25, 0.3) is 0 Å². The van der Waals surface area contributed by atoms with E-state index in [1.807, 2.05) is 12.4 Å². The van der Waals surface area contributed by atoms with Gasteiger partial charge in [0.05, 0.1) is 18.1 Å². The van der Waals surface area contributed by atoms with Crippen LogP contribution in [-0.4, -0.2) is 54.1 Å². The predicted molar refractivity (Wildman–Crippen MR) is 87.5 cm³/mol. The van der Waals surface area contributed by atoms with Crippen molar-refractivity contribution in [2.75, 3.05) is 38.6 Å². The first-order valence-electron chi connectivity index (χ1n) is 7.79. The molecule has 0 saturated carbocycles. The molecule has 0 aliphatic carbocycles. The SMILES string of the molecule is CN1CCC(CN(C)c2cnc(CNC(C)(C)C)cn2)C1. The third kappa shape index (κ3) is 5.25. The monoisotopic (exact) mass is 291 g/mol. The van der Waals surface area contributed by atoms with E-state index in [0.29, 0.717) is 0 Å². The highest BCUT2D eigenvalue weighted by Crippen LogP contribution is 2.17. The third-order valence-corrected chi connectivity index (χ3v) is 3.90. The summed E-state index contributed by atoms with van der Waals surface area (Å²) in [5, 5.41) is 3.43. The van der Waals surface area contributed by atoms with Gasteiger partial charge in [0.15, 0.2) is 0 Å². The first-order chi connectivity index (χ1) is 9.83. The van der Waals surface area contributed by atoms with E-state index >= 15 is 0 Å². The van der Waals surface area contributed by atoms with Gasteiger partial charge in [0.25, 0.3) is 0 Å². The normalized spacial score (nSPS) is 20.0. The summed E-state index contributed by atoms with van der Waals surface area (Å²) in [4.78, 5) is 13.7. The molecule has 0 radical (unpaired) electrons. The van der Waals surface area contributed by atoms with Gasteiger partial charge in [-0.2, -0.15) is 0 Å². The molecule has 5 heteroatoms. The second-order valence-corrected chi connectivity index (χ2v) is 7.27. The molecule has 2 heterocycles. The number of likely N-dealkylation sites (tertiary alicyclic amines) is 1. The molecule has 1 aliphatic heterocycles. The first-order valence-corrected chi connectivity index (χ1v) is 7.79. The van der Waals surface area contributed by atoms with Crippen LogP contribution in [0.2, 0.25) is 0 Å². The van der Waals surface area contributed by atoms with Gasteiger partial charge in [0.1, 0.15) is 5.82 Å². The average molecular weight is 291 g/mol. The van der Waals surface area contributed by atoms with Crippen LogP contribution in [0.4, 0.5) is 5.82 Å². The topological polar surface area (TPSA) is 44.3 Å². The Morgan fingerprint density at radius 2 is 2.10 bits per heavy atom. The fourth-order valence-electron chi connectivity index (χ4n) is 2.65. The Bertz CT molecular complexity index is 437. The smallest absolute Gasteiger partial charge is 0.146 e. The molecule has 0 amide bonds. The van der Waals surface area contributed by atoms with Gasteiger partial charge >= 0.3 is 0 Å². The Morgan fingerprint density at radius 1 is 1.33 bits per heavy atom. The van der Waals surface area contributed by atoms with E-state index in [-0.39, 0.29) is 5.54 Å². The van der Waals surface area contributed by atoms with Gasteiger partial charge < -0.3 is 15.1 Å². The Morgan fingerprint density at radius 3 is 2.62 bits per heavy atom. The summed E-state index contributed by atoms with van der Waals surface area (Å²) < 4.78 is 0. The highest BCUT2D eigenvalue weighted by molar-refractivity contribution is 5.34. The molecule has 1 fully saturated rings. The highest BCUT2D eigenvalue weighted by atomic mass is 15.2. The van der Waals surface area contributed by atoms with Crippen LogP contribution in [0.1, 0.15) is 32.9 Å². The van der Waals surface area contributed by atoms with Crippen LogP contribution in [-0.2, 0) is 6.54 Å². The van der Waals surface area contributed by atoms with Crippen LogP contribution >= 0.6 is 0 Å². The molecule has 2 rings (SSSR count). The molecular weight excluding hydrogens is 262 g/mol. The average Bonchev–Trinajstić information content (AvgIpc) is 2.81. The summed E-state index contributed by atoms with van der Waals surface area (Å²) in [5.74, 6) is 1.70. The van der Waals surface area contributed by atoms with Gasteiger partial charge in [-0.05, 0) is 46.7 Å². The molecule has 0 bridgehead atoms. The molecule has 21 heavy (non-hydrogen) atoms. The van der Waals surface area contributed by atoms with Gasteiger partial charge in [-0.3, -0.25) is 4.98 Å². The minimum atomic E-state index is 0.103. The van der Waals surface area contributed by atoms with Gasteiger partial charge in [0.2, 0.25) is 0 Å². The van der Waals surface area contributed by atoms with Crippen LogP contribution in [0.5, 0.6) is 0 Å². The fraction of sp³-hybridized carbons (Fsp3) is 0.750. The van der Waals surface area contributed by atoms with Crippen LogP contribution < -0.4 is 10.2 Å². The van der Waals surface area contributed by atoms with Crippen molar-refractivity contribution in [1.29, 1.82) is 0 Å². The third-order valence-electron chi connectivity index (χ3n) is 3.90. The maximum atomic E-state index is 4.55. The summed E-state index contributed by atoms with van der Waals surface area (Å²) in [5.41, 5.74) is 1.09. The number of nitrogens with one attached hydrogen (secondary N) is 1. The fourth-order valence-corrected chi connectivity index (χ4v) is 2.65. The highest BCUT2D eigenvalue weighted by Gasteiger charge is 2.21. The van der Waals surface area contributed by atoms with Crippen molar-refractivity contribution in [3.63, 3.8) is 0 Å². The molecule has 0 spiro atoms. The number of hydrogen-bond donors (Lipinski definition) is 1. The van der Waals surface area contributed by atoms with Crippen molar-refractivity contribution < 1.29 is 0 Å². The molecule has 1 atom stereocenters. The molecular formula is C16H29N5. The quantitative estimate of drug-likeness (QED) is 0.895. The van der Waals surface area contributed by atoms with Gasteiger partial charge in [-0.1, -0.05) is 0 Å². The van der Waals surface area contributed by atoms with Gasteiger partial charge in [-0.15, -0.1) is 0 Å². The van der Waals surface area contributed by atoms with Crippen molar-refractivity contribution in [2.45, 2.75) is 39.3 Å². The maximum absolute atomic E-state index is 4.55. The van der Waals surface area contributed by atoms with Crippen molar-refractivity contribution in [3.8, 4) is 0 Å². The number of anilines is 1. The Kier molecular flexibility index (Phi) is 5.17. The molecule has 5 nitrogen and oxygen atoms in total. The van der Waals surface area contributed by atoms with E-state index in [1.165, 1.54) is 19.5 Å². The van der Waals surface area contributed by atoms with Crippen molar-refractivity contribution in [1.82, 2.24) is 20.2 Å². The number of nitrogens with zero attached hydrogens (tertiary/aromatic N) is 4. The van der Waals surface area contributed by atoms with E-state index in [9.17, 15) is 0 Å².